The lowest BCUT2D eigenvalue weighted by Gasteiger charge is -2.44. The van der Waals surface area contributed by atoms with Gasteiger partial charge < -0.3 is 20.1 Å². The molecule has 8 nitrogen and oxygen atoms in total. The molecule has 0 unspecified atom stereocenters. The van der Waals surface area contributed by atoms with Crippen molar-refractivity contribution in [1.29, 1.82) is 10.5 Å². The van der Waals surface area contributed by atoms with Crippen LogP contribution in [0.4, 0.5) is 0 Å². The number of nitrogens with zero attached hydrogens (tertiary/aromatic N) is 3. The molecule has 0 saturated carbocycles. The minimum absolute atomic E-state index is 0.218. The van der Waals surface area contributed by atoms with Gasteiger partial charge >= 0.3 is 5.97 Å². The van der Waals surface area contributed by atoms with Crippen LogP contribution in [0.2, 0.25) is 0 Å². The van der Waals surface area contributed by atoms with Crippen molar-refractivity contribution in [3.05, 3.63) is 29.3 Å². The molecule has 8 heteroatoms. The number of carbonyl (C=O) groups is 1. The summed E-state index contributed by atoms with van der Waals surface area (Å²) in [7, 11) is 1.61. The molecule has 2 atom stereocenters. The first-order chi connectivity index (χ1) is 11.8. The number of ether oxygens (including phenoxy) is 2. The van der Waals surface area contributed by atoms with E-state index in [1.165, 1.54) is 6.92 Å². The maximum absolute atomic E-state index is 11.6. The molecular weight excluding hydrogens is 322 g/mol. The van der Waals surface area contributed by atoms with Crippen LogP contribution in [-0.4, -0.2) is 30.7 Å². The molecule has 2 rings (SSSR count). The van der Waals surface area contributed by atoms with Crippen LogP contribution in [0, 0.1) is 22.8 Å². The van der Waals surface area contributed by atoms with E-state index in [-0.39, 0.29) is 5.96 Å². The fourth-order valence-corrected chi connectivity index (χ4v) is 2.76. The lowest BCUT2D eigenvalue weighted by atomic mass is 9.85. The van der Waals surface area contributed by atoms with E-state index in [1.807, 2.05) is 0 Å². The topological polar surface area (TPSA) is 120 Å². The fraction of sp³-hybridized carbons (Fsp3) is 0.412. The number of aliphatic imine (C=N–C) groups is 1. The Bertz CT molecular complexity index is 788. The van der Waals surface area contributed by atoms with Crippen molar-refractivity contribution in [2.45, 2.75) is 38.5 Å². The number of hydrogen-bond donors (Lipinski definition) is 2. The first-order valence-electron chi connectivity index (χ1n) is 7.63. The molecule has 0 aliphatic carbocycles. The second-order valence-corrected chi connectivity index (χ2v) is 6.03. The number of nitrogens with one attached hydrogen (secondary N) is 2. The van der Waals surface area contributed by atoms with Crippen LogP contribution < -0.4 is 15.4 Å². The second-order valence-electron chi connectivity index (χ2n) is 6.03. The molecule has 0 spiro atoms. The summed E-state index contributed by atoms with van der Waals surface area (Å²) in [5, 5.41) is 23.8. The number of nitriles is 2. The quantitative estimate of drug-likeness (QED) is 0.360. The van der Waals surface area contributed by atoms with E-state index < -0.39 is 23.7 Å². The monoisotopic (exact) mass is 341 g/mol. The molecule has 0 bridgehead atoms. The van der Waals surface area contributed by atoms with Gasteiger partial charge in [-0.15, -0.1) is 4.99 Å². The molecule has 130 valence electrons. The highest BCUT2D eigenvalue weighted by atomic mass is 16.6. The molecule has 0 fully saturated rings. The summed E-state index contributed by atoms with van der Waals surface area (Å²) >= 11 is 0. The Kier molecular flexibility index (Phi) is 5.14. The highest BCUT2D eigenvalue weighted by molar-refractivity contribution is 5.81. The highest BCUT2D eigenvalue weighted by Gasteiger charge is 2.46. The van der Waals surface area contributed by atoms with Gasteiger partial charge in [0.1, 0.15) is 11.4 Å². The summed E-state index contributed by atoms with van der Waals surface area (Å²) in [5.41, 5.74) is 0.250. The van der Waals surface area contributed by atoms with Gasteiger partial charge in [-0.1, -0.05) is 0 Å². The van der Waals surface area contributed by atoms with E-state index in [4.69, 9.17) is 14.7 Å². The normalized spacial score (nSPS) is 21.0. The summed E-state index contributed by atoms with van der Waals surface area (Å²) in [5.74, 6) is 0.324. The van der Waals surface area contributed by atoms with Crippen LogP contribution in [0.3, 0.4) is 0 Å². The molecule has 1 aromatic rings. The largest absolute Gasteiger partial charge is 0.484 e. The van der Waals surface area contributed by atoms with Gasteiger partial charge in [-0.05, 0) is 32.0 Å². The van der Waals surface area contributed by atoms with Crippen molar-refractivity contribution in [2.75, 3.05) is 7.05 Å². The summed E-state index contributed by atoms with van der Waals surface area (Å²) < 4.78 is 11.5. The molecule has 2 N–H and O–H groups in total. The van der Waals surface area contributed by atoms with Crippen molar-refractivity contribution < 1.29 is 14.3 Å². The Hall–Kier alpha value is -3.26. The third-order valence-electron chi connectivity index (χ3n) is 3.82. The van der Waals surface area contributed by atoms with Crippen LogP contribution >= 0.6 is 0 Å². The molecule has 0 aromatic heterocycles. The number of esters is 1. The van der Waals surface area contributed by atoms with Gasteiger partial charge in [0.15, 0.2) is 6.10 Å². The lowest BCUT2D eigenvalue weighted by molar-refractivity contribution is -0.162. The van der Waals surface area contributed by atoms with Crippen molar-refractivity contribution >= 4 is 11.9 Å². The third-order valence-corrected chi connectivity index (χ3v) is 3.82. The first-order valence-corrected chi connectivity index (χ1v) is 7.63. The molecule has 0 amide bonds. The second kappa shape index (κ2) is 7.10. The Morgan fingerprint density at radius 3 is 2.68 bits per heavy atom. The minimum Gasteiger partial charge on any atom is -0.484 e. The van der Waals surface area contributed by atoms with Crippen LogP contribution in [-0.2, 0) is 9.53 Å². The molecule has 0 saturated heterocycles. The lowest BCUT2D eigenvalue weighted by Crippen LogP contribution is -2.56. The van der Waals surface area contributed by atoms with Crippen LogP contribution in [0.25, 0.3) is 0 Å². The van der Waals surface area contributed by atoms with Crippen molar-refractivity contribution in [3.8, 4) is 18.0 Å². The van der Waals surface area contributed by atoms with E-state index in [0.29, 0.717) is 16.9 Å². The van der Waals surface area contributed by atoms with Gasteiger partial charge in [0.2, 0.25) is 12.2 Å². The highest BCUT2D eigenvalue weighted by Crippen LogP contribution is 2.41. The summed E-state index contributed by atoms with van der Waals surface area (Å²) in [4.78, 5) is 15.3. The Morgan fingerprint density at radius 2 is 2.12 bits per heavy atom. The zero-order chi connectivity index (χ0) is 18.6. The van der Waals surface area contributed by atoms with Crippen molar-refractivity contribution in [3.63, 3.8) is 0 Å². The van der Waals surface area contributed by atoms with E-state index in [2.05, 4.69) is 21.7 Å². The molecule has 1 heterocycles. The summed E-state index contributed by atoms with van der Waals surface area (Å²) in [6, 6.07) is 6.54. The van der Waals surface area contributed by atoms with Gasteiger partial charge in [-0.25, -0.2) is 0 Å². The summed E-state index contributed by atoms with van der Waals surface area (Å²) in [6.45, 7) is 4.92. The van der Waals surface area contributed by atoms with E-state index in [1.54, 1.807) is 45.3 Å². The number of benzene rings is 1. The smallest absolute Gasteiger partial charge is 0.303 e. The SMILES string of the molecule is CN/C(=N/C#N)N[C@H]1c2cc(C#N)ccc2OC(C)(C)[C@@H]1OC(C)=O. The predicted octanol–water partition coefficient (Wildman–Crippen LogP) is 1.35. The maximum Gasteiger partial charge on any atom is 0.303 e. The zero-order valence-electron chi connectivity index (χ0n) is 14.5. The number of carbonyl (C=O) groups excluding carboxylic acids is 1. The number of hydrogen-bond acceptors (Lipinski definition) is 6. The van der Waals surface area contributed by atoms with Crippen molar-refractivity contribution in [2.24, 2.45) is 4.99 Å². The fourth-order valence-electron chi connectivity index (χ4n) is 2.76. The minimum atomic E-state index is -0.837. The van der Waals surface area contributed by atoms with Crippen LogP contribution in [0.1, 0.15) is 37.9 Å². The Labute approximate surface area is 146 Å². The van der Waals surface area contributed by atoms with Gasteiger partial charge in [0.05, 0.1) is 17.7 Å². The standard InChI is InChI=1S/C17H19N5O3/c1-10(23)24-15-14(22-16(20-4)21-9-19)12-7-11(8-18)5-6-13(12)25-17(15,2)3/h5-7,14-15H,1-4H3,(H2,20,21,22)/t14-,15+/m0/s1. The van der Waals surface area contributed by atoms with Gasteiger partial charge in [-0.2, -0.15) is 10.5 Å². The molecular formula is C17H19N5O3. The average Bonchev–Trinajstić information content (AvgIpc) is 2.56. The van der Waals surface area contributed by atoms with E-state index in [9.17, 15) is 10.1 Å². The molecule has 1 aliphatic heterocycles. The average molecular weight is 341 g/mol. The predicted molar refractivity (Wildman–Crippen MR) is 89.4 cm³/mol. The third kappa shape index (κ3) is 3.81. The Balaban J connectivity index is 2.57. The zero-order valence-corrected chi connectivity index (χ0v) is 14.5. The Morgan fingerprint density at radius 1 is 1.40 bits per heavy atom. The van der Waals surface area contributed by atoms with Crippen LogP contribution in [0.15, 0.2) is 23.2 Å². The van der Waals surface area contributed by atoms with E-state index in [0.717, 1.165) is 0 Å². The maximum atomic E-state index is 11.6. The summed E-state index contributed by atoms with van der Waals surface area (Å²) in [6.07, 6.45) is 0.998. The van der Waals surface area contributed by atoms with Crippen molar-refractivity contribution in [1.82, 2.24) is 10.6 Å². The van der Waals surface area contributed by atoms with Gasteiger partial charge in [0, 0.05) is 19.5 Å². The van der Waals surface area contributed by atoms with Crippen LogP contribution in [0.5, 0.6) is 5.75 Å². The number of fused-ring (bicyclic) bond motifs is 1. The van der Waals surface area contributed by atoms with Gasteiger partial charge in [-0.3, -0.25) is 4.79 Å². The van der Waals surface area contributed by atoms with Gasteiger partial charge in [0.25, 0.3) is 0 Å². The number of rotatable bonds is 2. The molecule has 1 aromatic carbocycles. The molecule has 0 radical (unpaired) electrons. The number of guanidine groups is 1. The molecule has 25 heavy (non-hydrogen) atoms. The first kappa shape index (κ1) is 18.1. The molecule has 1 aliphatic rings. The van der Waals surface area contributed by atoms with E-state index >= 15 is 0 Å².